The van der Waals surface area contributed by atoms with Crippen LogP contribution in [0.15, 0.2) is 11.1 Å². The second-order valence-electron chi connectivity index (χ2n) is 9.94. The fraction of sp³-hybridized carbons (Fsp3) is 0.773. The van der Waals surface area contributed by atoms with Gasteiger partial charge in [-0.05, 0) is 52.4 Å². The molecule has 0 bridgehead atoms. The molecular formula is C22H30O8. The number of ether oxygens (including phenoxy) is 4. The molecule has 0 aromatic heterocycles. The maximum Gasteiger partial charge on any atom is 0.341 e. The minimum Gasteiger partial charge on any atom is -0.456 e. The van der Waals surface area contributed by atoms with Gasteiger partial charge in [0.25, 0.3) is 0 Å². The average Bonchev–Trinajstić information content (AvgIpc) is 3.16. The molecule has 166 valence electrons. The number of carbonyl (C=O) groups excluding carboxylic acids is 3. The summed E-state index contributed by atoms with van der Waals surface area (Å²) >= 11 is 0. The number of epoxide rings is 1. The molecule has 30 heavy (non-hydrogen) atoms. The number of carbonyl (C=O) groups is 3. The van der Waals surface area contributed by atoms with Crippen LogP contribution >= 0.6 is 0 Å². The molecule has 4 aliphatic rings. The second-order valence-corrected chi connectivity index (χ2v) is 9.94. The quantitative estimate of drug-likeness (QED) is 0.418. The highest BCUT2D eigenvalue weighted by atomic mass is 16.7. The summed E-state index contributed by atoms with van der Waals surface area (Å²) < 4.78 is 22.4. The van der Waals surface area contributed by atoms with E-state index in [2.05, 4.69) is 0 Å². The average molecular weight is 422 g/mol. The second kappa shape index (κ2) is 6.29. The molecule has 0 unspecified atom stereocenters. The SMILES string of the molecule is CC(=O)O[C@@]1(C)[C@@H]2CC3=C(C)C(=O)O[C@@]3(O)C[C@@]2(C)CC[C@H]1OC(=O)[C@@]1(C)O[C@@H]1C. The molecule has 1 N–H and O–H groups in total. The molecule has 0 radical (unpaired) electrons. The summed E-state index contributed by atoms with van der Waals surface area (Å²) in [7, 11) is 0. The number of aliphatic hydroxyl groups is 1. The van der Waals surface area contributed by atoms with Crippen molar-refractivity contribution in [2.45, 2.75) is 96.4 Å². The van der Waals surface area contributed by atoms with Crippen molar-refractivity contribution in [3.05, 3.63) is 11.1 Å². The van der Waals surface area contributed by atoms with E-state index < -0.39 is 46.4 Å². The van der Waals surface area contributed by atoms with Crippen LogP contribution in [-0.4, -0.2) is 52.2 Å². The van der Waals surface area contributed by atoms with Crippen molar-refractivity contribution in [1.29, 1.82) is 0 Å². The zero-order chi connectivity index (χ0) is 22.3. The van der Waals surface area contributed by atoms with Gasteiger partial charge in [-0.25, -0.2) is 9.59 Å². The van der Waals surface area contributed by atoms with Gasteiger partial charge in [-0.1, -0.05) is 6.92 Å². The smallest absolute Gasteiger partial charge is 0.341 e. The summed E-state index contributed by atoms with van der Waals surface area (Å²) in [6, 6.07) is 0. The zero-order valence-electron chi connectivity index (χ0n) is 18.4. The molecule has 0 spiro atoms. The van der Waals surface area contributed by atoms with Crippen molar-refractivity contribution in [3.8, 4) is 0 Å². The molecule has 0 aromatic carbocycles. The van der Waals surface area contributed by atoms with Crippen molar-refractivity contribution in [2.75, 3.05) is 0 Å². The summed E-state index contributed by atoms with van der Waals surface area (Å²) in [6.07, 6.45) is 0.703. The van der Waals surface area contributed by atoms with Gasteiger partial charge in [-0.2, -0.15) is 0 Å². The predicted molar refractivity (Wildman–Crippen MR) is 103 cm³/mol. The minimum absolute atomic E-state index is 0.207. The molecular weight excluding hydrogens is 392 g/mol. The highest BCUT2D eigenvalue weighted by Crippen LogP contribution is 2.61. The molecule has 2 saturated carbocycles. The molecule has 8 nitrogen and oxygen atoms in total. The van der Waals surface area contributed by atoms with E-state index in [-0.39, 0.29) is 18.4 Å². The highest BCUT2D eigenvalue weighted by molar-refractivity contribution is 5.92. The Morgan fingerprint density at radius 2 is 1.87 bits per heavy atom. The van der Waals surface area contributed by atoms with Crippen molar-refractivity contribution in [2.24, 2.45) is 11.3 Å². The first-order valence-corrected chi connectivity index (χ1v) is 10.5. The summed E-state index contributed by atoms with van der Waals surface area (Å²) in [4.78, 5) is 37.0. The maximum atomic E-state index is 12.7. The summed E-state index contributed by atoms with van der Waals surface area (Å²) in [5, 5.41) is 11.1. The van der Waals surface area contributed by atoms with Crippen LogP contribution in [-0.2, 0) is 33.3 Å². The molecule has 2 heterocycles. The maximum absolute atomic E-state index is 12.7. The third-order valence-corrected chi connectivity index (χ3v) is 7.85. The van der Waals surface area contributed by atoms with Crippen molar-refractivity contribution >= 4 is 17.9 Å². The Morgan fingerprint density at radius 3 is 2.43 bits per heavy atom. The molecule has 1 saturated heterocycles. The lowest BCUT2D eigenvalue weighted by Crippen LogP contribution is -2.63. The number of fused-ring (bicyclic) bond motifs is 2. The van der Waals surface area contributed by atoms with E-state index in [1.54, 1.807) is 27.7 Å². The van der Waals surface area contributed by atoms with E-state index in [1.165, 1.54) is 6.92 Å². The Balaban J connectivity index is 1.70. The monoisotopic (exact) mass is 422 g/mol. The van der Waals surface area contributed by atoms with Crippen LogP contribution in [0.1, 0.15) is 67.2 Å². The van der Waals surface area contributed by atoms with E-state index in [0.717, 1.165) is 0 Å². The predicted octanol–water partition coefficient (Wildman–Crippen LogP) is 2.17. The van der Waals surface area contributed by atoms with Gasteiger partial charge >= 0.3 is 17.9 Å². The minimum atomic E-state index is -1.63. The summed E-state index contributed by atoms with van der Waals surface area (Å²) in [6.45, 7) is 10.2. The van der Waals surface area contributed by atoms with Crippen LogP contribution in [0, 0.1) is 11.3 Å². The molecule has 3 fully saturated rings. The fourth-order valence-corrected chi connectivity index (χ4v) is 5.83. The molecule has 0 amide bonds. The van der Waals surface area contributed by atoms with Crippen LogP contribution in [0.3, 0.4) is 0 Å². The molecule has 2 aliphatic carbocycles. The van der Waals surface area contributed by atoms with Crippen molar-refractivity contribution in [3.63, 3.8) is 0 Å². The molecule has 2 aliphatic heterocycles. The fourth-order valence-electron chi connectivity index (χ4n) is 5.83. The van der Waals surface area contributed by atoms with Gasteiger partial charge in [0.05, 0.1) is 6.10 Å². The topological polar surface area (TPSA) is 112 Å². The lowest BCUT2D eigenvalue weighted by atomic mass is 9.52. The van der Waals surface area contributed by atoms with Gasteiger partial charge in [0.1, 0.15) is 11.7 Å². The first kappa shape index (κ1) is 21.3. The van der Waals surface area contributed by atoms with E-state index in [0.29, 0.717) is 30.4 Å². The highest BCUT2D eigenvalue weighted by Gasteiger charge is 2.66. The van der Waals surface area contributed by atoms with Crippen molar-refractivity contribution < 1.29 is 38.4 Å². The first-order chi connectivity index (χ1) is 13.8. The number of hydrogen-bond donors (Lipinski definition) is 1. The van der Waals surface area contributed by atoms with Crippen LogP contribution in [0.2, 0.25) is 0 Å². The third kappa shape index (κ3) is 2.91. The lowest BCUT2D eigenvalue weighted by Gasteiger charge is -2.58. The molecule has 4 rings (SSSR count). The first-order valence-electron chi connectivity index (χ1n) is 10.5. The zero-order valence-corrected chi connectivity index (χ0v) is 18.4. The van der Waals surface area contributed by atoms with Gasteiger partial charge < -0.3 is 24.1 Å². The van der Waals surface area contributed by atoms with Gasteiger partial charge in [0, 0.05) is 30.4 Å². The molecule has 7 atom stereocenters. The lowest BCUT2D eigenvalue weighted by molar-refractivity contribution is -0.248. The third-order valence-electron chi connectivity index (χ3n) is 7.85. The Bertz CT molecular complexity index is 863. The van der Waals surface area contributed by atoms with Gasteiger partial charge in [0.15, 0.2) is 5.60 Å². The van der Waals surface area contributed by atoms with E-state index in [4.69, 9.17) is 18.9 Å². The van der Waals surface area contributed by atoms with Crippen LogP contribution in [0.4, 0.5) is 0 Å². The van der Waals surface area contributed by atoms with E-state index in [1.807, 2.05) is 6.92 Å². The Labute approximate surface area is 175 Å². The Hall–Kier alpha value is -1.93. The Kier molecular flexibility index (Phi) is 4.47. The normalized spacial score (nSPS) is 47.2. The number of esters is 3. The number of rotatable bonds is 3. The number of hydrogen-bond acceptors (Lipinski definition) is 8. The standard InChI is InChI=1S/C22H30O8/c1-11-14-9-15-19(4,10-22(14,26)30-17(11)24)8-7-16(21(15,6)29-13(3)23)27-18(25)20(5)12(2)28-20/h12,15-16,26H,7-10H2,1-6H3/t12-,15-,16-,19-,20+,21+,22+/m1/s1. The van der Waals surface area contributed by atoms with Crippen LogP contribution in [0.5, 0.6) is 0 Å². The van der Waals surface area contributed by atoms with Crippen LogP contribution < -0.4 is 0 Å². The largest absolute Gasteiger partial charge is 0.456 e. The van der Waals surface area contributed by atoms with E-state index in [9.17, 15) is 19.5 Å². The van der Waals surface area contributed by atoms with E-state index >= 15 is 0 Å². The summed E-state index contributed by atoms with van der Waals surface area (Å²) in [5.41, 5.74) is -1.68. The molecule has 8 heteroatoms. The Morgan fingerprint density at radius 1 is 1.23 bits per heavy atom. The van der Waals surface area contributed by atoms with Gasteiger partial charge in [-0.15, -0.1) is 0 Å². The van der Waals surface area contributed by atoms with Gasteiger partial charge in [-0.3, -0.25) is 4.79 Å². The van der Waals surface area contributed by atoms with Gasteiger partial charge in [0.2, 0.25) is 5.79 Å². The van der Waals surface area contributed by atoms with Crippen molar-refractivity contribution in [1.82, 2.24) is 0 Å². The molecule has 0 aromatic rings. The van der Waals surface area contributed by atoms with Crippen LogP contribution in [0.25, 0.3) is 0 Å². The summed E-state index contributed by atoms with van der Waals surface area (Å²) in [5.74, 6) is -3.37.